The summed E-state index contributed by atoms with van der Waals surface area (Å²) in [5, 5.41) is 17.5. The largest absolute Gasteiger partial charge is 0.387 e. The van der Waals surface area contributed by atoms with Crippen LogP contribution < -0.4 is 10.7 Å². The fourth-order valence-electron chi connectivity index (χ4n) is 2.76. The molecule has 3 rings (SSSR count). The number of aliphatic hydroxyl groups is 1. The molecule has 1 heterocycles. The zero-order valence-electron chi connectivity index (χ0n) is 13.8. The van der Waals surface area contributed by atoms with Gasteiger partial charge in [-0.25, -0.2) is 0 Å². The maximum atomic E-state index is 12.2. The molecule has 0 fully saturated rings. The summed E-state index contributed by atoms with van der Waals surface area (Å²) in [5.41, 5.74) is 2.18. The van der Waals surface area contributed by atoms with Crippen LogP contribution in [0.25, 0.3) is 10.9 Å². The number of carbonyl (C=O) groups is 1. The molecule has 128 valence electrons. The fourth-order valence-corrected chi connectivity index (χ4v) is 2.76. The highest BCUT2D eigenvalue weighted by Gasteiger charge is 2.12. The molecule has 0 saturated heterocycles. The number of carbonyl (C=O) groups excluding carboxylic acids is 1. The van der Waals surface area contributed by atoms with Gasteiger partial charge in [0.15, 0.2) is 0 Å². The van der Waals surface area contributed by atoms with Gasteiger partial charge in [0, 0.05) is 11.9 Å². The fraction of sp³-hybridized carbons (Fsp3) is 0.211. The predicted octanol–water partition coefficient (Wildman–Crippen LogP) is 1.55. The van der Waals surface area contributed by atoms with Gasteiger partial charge < -0.3 is 10.4 Å². The highest BCUT2D eigenvalue weighted by Crippen LogP contribution is 2.16. The van der Waals surface area contributed by atoms with Gasteiger partial charge in [0.2, 0.25) is 11.3 Å². The molecule has 1 atom stereocenters. The summed E-state index contributed by atoms with van der Waals surface area (Å²) in [6, 6.07) is 14.5. The normalized spacial score (nSPS) is 12.1. The Hall–Kier alpha value is -2.99. The van der Waals surface area contributed by atoms with Gasteiger partial charge in [-0.2, -0.15) is 5.10 Å². The average Bonchev–Trinajstić information content (AvgIpc) is 2.63. The Bertz CT molecular complexity index is 965. The lowest BCUT2D eigenvalue weighted by Crippen LogP contribution is -2.32. The van der Waals surface area contributed by atoms with Crippen molar-refractivity contribution in [3.8, 4) is 0 Å². The van der Waals surface area contributed by atoms with Gasteiger partial charge in [0.25, 0.3) is 0 Å². The summed E-state index contributed by atoms with van der Waals surface area (Å²) in [7, 11) is 0. The van der Waals surface area contributed by atoms with E-state index in [0.717, 1.165) is 11.1 Å². The van der Waals surface area contributed by atoms with Crippen molar-refractivity contribution in [2.24, 2.45) is 0 Å². The van der Waals surface area contributed by atoms with E-state index in [1.807, 2.05) is 31.2 Å². The van der Waals surface area contributed by atoms with Crippen molar-refractivity contribution >= 4 is 16.8 Å². The molecule has 0 aliphatic carbocycles. The lowest BCUT2D eigenvalue weighted by molar-refractivity contribution is -0.122. The molecule has 0 saturated carbocycles. The Morgan fingerprint density at radius 3 is 2.72 bits per heavy atom. The van der Waals surface area contributed by atoms with E-state index in [0.29, 0.717) is 10.9 Å². The Morgan fingerprint density at radius 2 is 1.92 bits per heavy atom. The number of rotatable bonds is 5. The zero-order chi connectivity index (χ0) is 17.8. The number of aliphatic hydroxyl groups excluding tert-OH is 1. The third-order valence-electron chi connectivity index (χ3n) is 4.10. The molecule has 0 radical (unpaired) electrons. The van der Waals surface area contributed by atoms with E-state index in [1.165, 1.54) is 10.9 Å². The number of hydrogen-bond donors (Lipinski definition) is 2. The summed E-state index contributed by atoms with van der Waals surface area (Å²) in [4.78, 5) is 24.0. The Morgan fingerprint density at radius 1 is 1.20 bits per heavy atom. The Labute approximate surface area is 144 Å². The minimum Gasteiger partial charge on any atom is -0.387 e. The maximum absolute atomic E-state index is 12.2. The minimum atomic E-state index is -0.774. The van der Waals surface area contributed by atoms with Crippen molar-refractivity contribution < 1.29 is 9.90 Å². The van der Waals surface area contributed by atoms with Crippen LogP contribution in [0.5, 0.6) is 0 Å². The van der Waals surface area contributed by atoms with Crippen LogP contribution in [0.2, 0.25) is 0 Å². The first-order chi connectivity index (χ1) is 12.1. The van der Waals surface area contributed by atoms with Crippen LogP contribution in [0.15, 0.2) is 59.5 Å². The highest BCUT2D eigenvalue weighted by atomic mass is 16.3. The molecule has 0 bridgehead atoms. The summed E-state index contributed by atoms with van der Waals surface area (Å²) in [6.45, 7) is 2.00. The lowest BCUT2D eigenvalue weighted by atomic mass is 10.0. The third kappa shape index (κ3) is 3.75. The molecule has 3 aromatic rings. The summed E-state index contributed by atoms with van der Waals surface area (Å²) < 4.78 is 1.48. The minimum absolute atomic E-state index is 0.0265. The van der Waals surface area contributed by atoms with E-state index in [9.17, 15) is 14.7 Å². The predicted molar refractivity (Wildman–Crippen MR) is 95.2 cm³/mol. The maximum Gasteiger partial charge on any atom is 0.241 e. The number of nitrogens with zero attached hydrogens (tertiary/aromatic N) is 2. The third-order valence-corrected chi connectivity index (χ3v) is 4.10. The van der Waals surface area contributed by atoms with Gasteiger partial charge in [-0.15, -0.1) is 0 Å². The van der Waals surface area contributed by atoms with Crippen molar-refractivity contribution in [1.29, 1.82) is 0 Å². The van der Waals surface area contributed by atoms with Crippen molar-refractivity contribution in [2.75, 3.05) is 6.54 Å². The second-order valence-corrected chi connectivity index (χ2v) is 5.86. The van der Waals surface area contributed by atoms with E-state index < -0.39 is 6.10 Å². The average molecular weight is 337 g/mol. The van der Waals surface area contributed by atoms with E-state index in [1.54, 1.807) is 24.3 Å². The lowest BCUT2D eigenvalue weighted by Gasteiger charge is -2.15. The number of aryl methyl sites for hydroxylation is 1. The number of amides is 1. The second-order valence-electron chi connectivity index (χ2n) is 5.86. The Kier molecular flexibility index (Phi) is 4.90. The van der Waals surface area contributed by atoms with E-state index in [2.05, 4.69) is 10.4 Å². The molecular formula is C19H19N3O3. The molecule has 25 heavy (non-hydrogen) atoms. The number of fused-ring (bicyclic) bond motifs is 1. The van der Waals surface area contributed by atoms with Crippen LogP contribution in [-0.4, -0.2) is 27.3 Å². The SMILES string of the molecule is Cc1ccccc1C(O)CNC(=O)Cn1ncc(=O)c2ccccc21. The topological polar surface area (TPSA) is 84.2 Å². The summed E-state index contributed by atoms with van der Waals surface area (Å²) >= 11 is 0. The van der Waals surface area contributed by atoms with Crippen LogP contribution in [0, 0.1) is 6.92 Å². The van der Waals surface area contributed by atoms with Crippen molar-refractivity contribution in [3.63, 3.8) is 0 Å². The van der Waals surface area contributed by atoms with Gasteiger partial charge in [-0.1, -0.05) is 36.4 Å². The monoisotopic (exact) mass is 337 g/mol. The van der Waals surface area contributed by atoms with Crippen molar-refractivity contribution in [1.82, 2.24) is 15.1 Å². The number of nitrogens with one attached hydrogen (secondary N) is 1. The standard InChI is InChI=1S/C19H19N3O3/c1-13-6-2-3-7-14(13)17(23)10-20-19(25)12-22-16-9-5-4-8-15(16)18(24)11-21-22/h2-9,11,17,23H,10,12H2,1H3,(H,20,25). The number of para-hydroxylation sites is 1. The van der Waals surface area contributed by atoms with Gasteiger partial charge in [-0.3, -0.25) is 14.3 Å². The van der Waals surface area contributed by atoms with Crippen molar-refractivity contribution in [3.05, 3.63) is 76.1 Å². The number of hydrogen-bond acceptors (Lipinski definition) is 4. The van der Waals surface area contributed by atoms with Crippen LogP contribution in [0.3, 0.4) is 0 Å². The molecule has 0 spiro atoms. The van der Waals surface area contributed by atoms with Gasteiger partial charge in [-0.05, 0) is 30.2 Å². The molecule has 0 aliphatic rings. The first-order valence-corrected chi connectivity index (χ1v) is 8.01. The quantitative estimate of drug-likeness (QED) is 0.740. The van der Waals surface area contributed by atoms with Crippen LogP contribution in [-0.2, 0) is 11.3 Å². The zero-order valence-corrected chi connectivity index (χ0v) is 13.8. The van der Waals surface area contributed by atoms with Gasteiger partial charge in [0.1, 0.15) is 6.54 Å². The Balaban J connectivity index is 1.69. The first-order valence-electron chi connectivity index (χ1n) is 8.01. The van der Waals surface area contributed by atoms with E-state index in [4.69, 9.17) is 0 Å². The summed E-state index contributed by atoms with van der Waals surface area (Å²) in [6.07, 6.45) is 0.432. The van der Waals surface area contributed by atoms with E-state index in [-0.39, 0.29) is 24.4 Å². The molecule has 2 aromatic carbocycles. The van der Waals surface area contributed by atoms with Gasteiger partial charge in [0.05, 0.1) is 17.8 Å². The summed E-state index contributed by atoms with van der Waals surface area (Å²) in [5.74, 6) is -0.283. The second kappa shape index (κ2) is 7.27. The molecule has 6 nitrogen and oxygen atoms in total. The molecular weight excluding hydrogens is 318 g/mol. The molecule has 0 aliphatic heterocycles. The smallest absolute Gasteiger partial charge is 0.241 e. The highest BCUT2D eigenvalue weighted by molar-refractivity contribution is 5.81. The molecule has 1 unspecified atom stereocenters. The van der Waals surface area contributed by atoms with Gasteiger partial charge >= 0.3 is 0 Å². The van der Waals surface area contributed by atoms with Crippen molar-refractivity contribution in [2.45, 2.75) is 19.6 Å². The number of aromatic nitrogens is 2. The van der Waals surface area contributed by atoms with E-state index >= 15 is 0 Å². The van der Waals surface area contributed by atoms with Crippen LogP contribution >= 0.6 is 0 Å². The molecule has 2 N–H and O–H groups in total. The van der Waals surface area contributed by atoms with Crippen LogP contribution in [0.1, 0.15) is 17.2 Å². The first kappa shape index (κ1) is 16.9. The molecule has 1 amide bonds. The molecule has 1 aromatic heterocycles. The van der Waals surface area contributed by atoms with Crippen LogP contribution in [0.4, 0.5) is 0 Å². The molecule has 6 heteroatoms. The number of benzene rings is 2.